The minimum Gasteiger partial charge on any atom is -0.358 e. The Kier molecular flexibility index (Phi) is 6.01. The summed E-state index contributed by atoms with van der Waals surface area (Å²) >= 11 is 5.71. The molecule has 2 aliphatic rings. The molecule has 2 heterocycles. The Morgan fingerprint density at radius 3 is 2.38 bits per heavy atom. The van der Waals surface area contributed by atoms with Gasteiger partial charge in [-0.25, -0.2) is 0 Å². The minimum absolute atomic E-state index is 0.0270. The molecular formula is C22H16B2ClF2N3O4. The first kappa shape index (κ1) is 23.9. The first-order valence-electron chi connectivity index (χ1n) is 10.2. The number of carbonyl (C=O) groups excluding carboxylic acids is 4. The van der Waals surface area contributed by atoms with E-state index in [1.807, 2.05) is 5.32 Å². The van der Waals surface area contributed by atoms with Gasteiger partial charge < -0.3 is 10.2 Å². The Labute approximate surface area is 201 Å². The zero-order valence-electron chi connectivity index (χ0n) is 17.6. The molecule has 2 aromatic rings. The number of piperidine rings is 1. The van der Waals surface area contributed by atoms with Crippen LogP contribution < -0.4 is 10.6 Å². The summed E-state index contributed by atoms with van der Waals surface area (Å²) in [4.78, 5) is 50.0. The molecule has 0 spiro atoms. The average molecular weight is 481 g/mol. The quantitative estimate of drug-likeness (QED) is 0.499. The first-order chi connectivity index (χ1) is 15.9. The molecule has 4 radical (unpaired) electrons. The Balaban J connectivity index is 1.53. The maximum absolute atomic E-state index is 14.6. The van der Waals surface area contributed by atoms with Crippen LogP contribution in [0.15, 0.2) is 42.5 Å². The van der Waals surface area contributed by atoms with Gasteiger partial charge in [0.1, 0.15) is 6.04 Å². The summed E-state index contributed by atoms with van der Waals surface area (Å²) in [7, 11) is 11.9. The first-order valence-corrected chi connectivity index (χ1v) is 10.6. The van der Waals surface area contributed by atoms with Gasteiger partial charge in [0.05, 0.1) is 15.7 Å². The average Bonchev–Trinajstić information content (AvgIpc) is 3.09. The highest BCUT2D eigenvalue weighted by Gasteiger charge is 2.44. The summed E-state index contributed by atoms with van der Waals surface area (Å²) in [6.45, 7) is 0.0270. The van der Waals surface area contributed by atoms with E-state index in [-0.39, 0.29) is 35.5 Å². The monoisotopic (exact) mass is 481 g/mol. The smallest absolute Gasteiger partial charge is 0.349 e. The van der Waals surface area contributed by atoms with Crippen LogP contribution >= 0.6 is 11.6 Å². The SMILES string of the molecule is [B]C([B])(NC(=O)C(F)(F)c1ccc(Cl)cc1)c1ccc2c(c1)CN(C1CCC(=O)NC1=O)C2=O. The summed E-state index contributed by atoms with van der Waals surface area (Å²) in [5, 5.41) is 2.19. The van der Waals surface area contributed by atoms with Crippen molar-refractivity contribution in [1.82, 2.24) is 15.5 Å². The van der Waals surface area contributed by atoms with E-state index in [9.17, 15) is 28.0 Å². The summed E-state index contributed by atoms with van der Waals surface area (Å²) < 4.78 is 29.3. The fourth-order valence-electron chi connectivity index (χ4n) is 3.96. The van der Waals surface area contributed by atoms with E-state index in [4.69, 9.17) is 27.3 Å². The third-order valence-electron chi connectivity index (χ3n) is 5.81. The maximum Gasteiger partial charge on any atom is 0.349 e. The van der Waals surface area contributed by atoms with Gasteiger partial charge in [-0.05, 0) is 41.1 Å². The van der Waals surface area contributed by atoms with Crippen molar-refractivity contribution in [2.75, 3.05) is 0 Å². The van der Waals surface area contributed by atoms with Crippen LogP contribution in [0.1, 0.15) is 39.9 Å². The number of halogens is 3. The van der Waals surface area contributed by atoms with Crippen LogP contribution in [0.4, 0.5) is 8.78 Å². The highest BCUT2D eigenvalue weighted by Crippen LogP contribution is 2.32. The third kappa shape index (κ3) is 4.32. The van der Waals surface area contributed by atoms with Gasteiger partial charge in [0.15, 0.2) is 0 Å². The van der Waals surface area contributed by atoms with Crippen molar-refractivity contribution in [3.63, 3.8) is 0 Å². The van der Waals surface area contributed by atoms with Gasteiger partial charge >= 0.3 is 5.92 Å². The molecule has 2 N–H and O–H groups in total. The number of amides is 4. The highest BCUT2D eigenvalue weighted by molar-refractivity contribution is 6.40. The zero-order valence-corrected chi connectivity index (χ0v) is 18.4. The van der Waals surface area contributed by atoms with Crippen molar-refractivity contribution in [2.24, 2.45) is 0 Å². The third-order valence-corrected chi connectivity index (χ3v) is 6.07. The lowest BCUT2D eigenvalue weighted by atomic mass is 9.57. The van der Waals surface area contributed by atoms with E-state index in [2.05, 4.69) is 5.32 Å². The molecule has 34 heavy (non-hydrogen) atoms. The second-order valence-electron chi connectivity index (χ2n) is 8.18. The van der Waals surface area contributed by atoms with Crippen LogP contribution in [-0.4, -0.2) is 50.3 Å². The number of nitrogens with one attached hydrogen (secondary N) is 2. The van der Waals surface area contributed by atoms with Crippen LogP contribution in [-0.2, 0) is 32.2 Å². The van der Waals surface area contributed by atoms with E-state index in [1.165, 1.54) is 35.2 Å². The number of alkyl halides is 2. The minimum atomic E-state index is -3.94. The predicted octanol–water partition coefficient (Wildman–Crippen LogP) is 1.46. The molecule has 4 rings (SSSR count). The fraction of sp³-hybridized carbons (Fsp3) is 0.273. The molecule has 0 saturated carbocycles. The molecule has 0 aromatic heterocycles. The summed E-state index contributed by atoms with van der Waals surface area (Å²) in [5.41, 5.74) is 0.210. The van der Waals surface area contributed by atoms with E-state index in [0.717, 1.165) is 12.1 Å². The number of hydrogen-bond acceptors (Lipinski definition) is 4. The number of rotatable bonds is 5. The molecule has 0 aliphatic carbocycles. The molecule has 2 aliphatic heterocycles. The lowest BCUT2D eigenvalue weighted by Crippen LogP contribution is -2.52. The molecule has 1 fully saturated rings. The molecule has 1 saturated heterocycles. The highest BCUT2D eigenvalue weighted by atomic mass is 35.5. The van der Waals surface area contributed by atoms with Crippen molar-refractivity contribution in [3.05, 3.63) is 69.7 Å². The van der Waals surface area contributed by atoms with Crippen molar-refractivity contribution in [3.8, 4) is 0 Å². The summed E-state index contributed by atoms with van der Waals surface area (Å²) in [6, 6.07) is 7.81. The van der Waals surface area contributed by atoms with Gasteiger partial charge in [-0.3, -0.25) is 24.5 Å². The van der Waals surface area contributed by atoms with E-state index >= 15 is 0 Å². The molecule has 4 amide bonds. The van der Waals surface area contributed by atoms with E-state index < -0.39 is 46.5 Å². The van der Waals surface area contributed by atoms with Crippen molar-refractivity contribution in [1.29, 1.82) is 0 Å². The van der Waals surface area contributed by atoms with E-state index in [0.29, 0.717) is 5.56 Å². The molecule has 170 valence electrons. The summed E-state index contributed by atoms with van der Waals surface area (Å²) in [6.07, 6.45) is 0.287. The van der Waals surface area contributed by atoms with Gasteiger partial charge in [-0.1, -0.05) is 35.9 Å². The number of nitrogens with zero attached hydrogens (tertiary/aromatic N) is 1. The number of carbonyl (C=O) groups is 4. The van der Waals surface area contributed by atoms with Crippen LogP contribution in [0.2, 0.25) is 5.02 Å². The van der Waals surface area contributed by atoms with Crippen molar-refractivity contribution >= 4 is 50.9 Å². The van der Waals surface area contributed by atoms with Crippen LogP contribution in [0.25, 0.3) is 0 Å². The molecule has 2 aromatic carbocycles. The Bertz CT molecular complexity index is 1210. The van der Waals surface area contributed by atoms with Crippen LogP contribution in [0.5, 0.6) is 0 Å². The largest absolute Gasteiger partial charge is 0.358 e. The molecule has 1 atom stereocenters. The fourth-order valence-corrected chi connectivity index (χ4v) is 4.09. The van der Waals surface area contributed by atoms with Crippen molar-refractivity contribution < 1.29 is 28.0 Å². The van der Waals surface area contributed by atoms with Gasteiger partial charge in [0, 0.05) is 29.1 Å². The number of imide groups is 1. The second-order valence-corrected chi connectivity index (χ2v) is 8.61. The predicted molar refractivity (Wildman–Crippen MR) is 119 cm³/mol. The van der Waals surface area contributed by atoms with Gasteiger partial charge in [0.2, 0.25) is 11.8 Å². The second kappa shape index (κ2) is 8.54. The van der Waals surface area contributed by atoms with E-state index in [1.54, 1.807) is 0 Å². The molecule has 12 heteroatoms. The molecule has 1 unspecified atom stereocenters. The summed E-state index contributed by atoms with van der Waals surface area (Å²) in [5.74, 6) is -7.06. The number of fused-ring (bicyclic) bond motifs is 1. The molecule has 7 nitrogen and oxygen atoms in total. The standard InChI is InChI=1S/C22H16B2ClF2N3O4/c23-22(24,29-20(34)21(26,27)12-1-4-14(25)5-2-12)13-3-6-15-11(9-13)10-30(19(15)33)16-7-8-17(31)28-18(16)32/h1-6,9,16H,7-8,10H2,(H,29,34)(H,28,31,32). The lowest BCUT2D eigenvalue weighted by molar-refractivity contribution is -0.147. The van der Waals surface area contributed by atoms with Crippen molar-refractivity contribution in [2.45, 2.75) is 36.7 Å². The number of benzene rings is 2. The maximum atomic E-state index is 14.6. The van der Waals surface area contributed by atoms with Gasteiger partial charge in [-0.2, -0.15) is 8.78 Å². The van der Waals surface area contributed by atoms with Crippen LogP contribution in [0, 0.1) is 0 Å². The Morgan fingerprint density at radius 2 is 1.74 bits per heavy atom. The topological polar surface area (TPSA) is 95.6 Å². The molecule has 0 bridgehead atoms. The van der Waals surface area contributed by atoms with Gasteiger partial charge in [-0.15, -0.1) is 0 Å². The zero-order chi connectivity index (χ0) is 24.8. The normalized spacial score (nSPS) is 18.5. The van der Waals surface area contributed by atoms with Gasteiger partial charge in [0.25, 0.3) is 11.8 Å². The number of hydrogen-bond donors (Lipinski definition) is 2. The molecular weight excluding hydrogens is 465 g/mol. The Morgan fingerprint density at radius 1 is 1.09 bits per heavy atom. The lowest BCUT2D eigenvalue weighted by Gasteiger charge is -2.31. The van der Waals surface area contributed by atoms with Crippen LogP contribution in [0.3, 0.4) is 0 Å². The Hall–Kier alpha value is -3.20.